The van der Waals surface area contributed by atoms with Crippen molar-refractivity contribution in [2.75, 3.05) is 0 Å². The van der Waals surface area contributed by atoms with E-state index < -0.39 is 0 Å². The summed E-state index contributed by atoms with van der Waals surface area (Å²) < 4.78 is 2.31. The zero-order valence-electron chi connectivity index (χ0n) is 9.78. The topological polar surface area (TPSA) is 17.8 Å². The molecule has 0 atom stereocenters. The Kier molecular flexibility index (Phi) is 3.81. The molecular formula is C13H22N2. The van der Waals surface area contributed by atoms with Crippen LogP contribution in [0.15, 0.2) is 12.5 Å². The van der Waals surface area contributed by atoms with E-state index >= 15 is 0 Å². The van der Waals surface area contributed by atoms with Crippen LogP contribution < -0.4 is 0 Å². The number of hydrogen-bond donors (Lipinski definition) is 0. The predicted molar refractivity (Wildman–Crippen MR) is 62.8 cm³/mol. The van der Waals surface area contributed by atoms with Gasteiger partial charge in [0, 0.05) is 18.4 Å². The van der Waals surface area contributed by atoms with Gasteiger partial charge in [-0.15, -0.1) is 0 Å². The van der Waals surface area contributed by atoms with Gasteiger partial charge in [-0.1, -0.05) is 32.1 Å². The quantitative estimate of drug-likeness (QED) is 0.723. The van der Waals surface area contributed by atoms with E-state index in [2.05, 4.69) is 16.5 Å². The molecule has 0 unspecified atom stereocenters. The molecule has 0 N–H and O–H groups in total. The number of hydrogen-bond acceptors (Lipinski definition) is 1. The molecule has 1 heterocycles. The van der Waals surface area contributed by atoms with Gasteiger partial charge < -0.3 is 4.57 Å². The van der Waals surface area contributed by atoms with Crippen molar-refractivity contribution in [2.24, 2.45) is 5.92 Å². The predicted octanol–water partition coefficient (Wildman–Crippen LogP) is 3.55. The van der Waals surface area contributed by atoms with Crippen LogP contribution in [-0.4, -0.2) is 9.55 Å². The molecular weight excluding hydrogens is 184 g/mol. The smallest absolute Gasteiger partial charge is 0.0948 e. The van der Waals surface area contributed by atoms with Crippen molar-refractivity contribution in [1.29, 1.82) is 0 Å². The first-order valence-electron chi connectivity index (χ1n) is 6.33. The lowest BCUT2D eigenvalue weighted by atomic mass is 9.91. The molecule has 2 nitrogen and oxygen atoms in total. The minimum Gasteiger partial charge on any atom is -0.335 e. The van der Waals surface area contributed by atoms with Gasteiger partial charge in [0.2, 0.25) is 0 Å². The number of nitrogens with zero attached hydrogens (tertiary/aromatic N) is 2. The van der Waals surface area contributed by atoms with E-state index in [9.17, 15) is 0 Å². The largest absolute Gasteiger partial charge is 0.335 e. The molecule has 84 valence electrons. The SMILES string of the molecule is Cc1cncn1CC1CCCCCCC1. The monoisotopic (exact) mass is 206 g/mol. The van der Waals surface area contributed by atoms with Crippen molar-refractivity contribution in [3.63, 3.8) is 0 Å². The van der Waals surface area contributed by atoms with Crippen LogP contribution in [0, 0.1) is 12.8 Å². The fraction of sp³-hybridized carbons (Fsp3) is 0.769. The minimum atomic E-state index is 0.887. The van der Waals surface area contributed by atoms with Crippen LogP contribution in [-0.2, 0) is 6.54 Å². The summed E-state index contributed by atoms with van der Waals surface area (Å²) >= 11 is 0. The summed E-state index contributed by atoms with van der Waals surface area (Å²) in [5.41, 5.74) is 1.30. The highest BCUT2D eigenvalue weighted by Gasteiger charge is 2.12. The van der Waals surface area contributed by atoms with Gasteiger partial charge in [-0.25, -0.2) is 4.98 Å². The van der Waals surface area contributed by atoms with Gasteiger partial charge in [-0.05, 0) is 25.7 Å². The second-order valence-electron chi connectivity index (χ2n) is 4.90. The summed E-state index contributed by atoms with van der Waals surface area (Å²) in [4.78, 5) is 4.19. The first kappa shape index (κ1) is 10.7. The average molecular weight is 206 g/mol. The van der Waals surface area contributed by atoms with Crippen LogP contribution >= 0.6 is 0 Å². The first-order chi connectivity index (χ1) is 7.36. The van der Waals surface area contributed by atoms with Crippen LogP contribution in [0.5, 0.6) is 0 Å². The van der Waals surface area contributed by atoms with Crippen LogP contribution in [0.1, 0.15) is 50.6 Å². The zero-order chi connectivity index (χ0) is 10.5. The Balaban J connectivity index is 1.89. The Morgan fingerprint density at radius 1 is 1.20 bits per heavy atom. The Bertz CT molecular complexity index is 282. The number of aromatic nitrogens is 2. The molecule has 2 rings (SSSR count). The van der Waals surface area contributed by atoms with Crippen LogP contribution in [0.2, 0.25) is 0 Å². The van der Waals surface area contributed by atoms with Crippen LogP contribution in [0.4, 0.5) is 0 Å². The van der Waals surface area contributed by atoms with Gasteiger partial charge in [0.05, 0.1) is 6.33 Å². The Labute approximate surface area is 92.7 Å². The highest BCUT2D eigenvalue weighted by atomic mass is 15.0. The van der Waals surface area contributed by atoms with E-state index in [-0.39, 0.29) is 0 Å². The molecule has 15 heavy (non-hydrogen) atoms. The first-order valence-corrected chi connectivity index (χ1v) is 6.33. The van der Waals surface area contributed by atoms with E-state index in [4.69, 9.17) is 0 Å². The fourth-order valence-corrected chi connectivity index (χ4v) is 2.58. The van der Waals surface area contributed by atoms with Crippen molar-refractivity contribution in [3.8, 4) is 0 Å². The van der Waals surface area contributed by atoms with Crippen LogP contribution in [0.3, 0.4) is 0 Å². The highest BCUT2D eigenvalue weighted by Crippen LogP contribution is 2.23. The molecule has 1 saturated carbocycles. The van der Waals surface area contributed by atoms with E-state index in [1.54, 1.807) is 0 Å². The fourth-order valence-electron chi connectivity index (χ4n) is 2.58. The molecule has 0 aromatic carbocycles. The second kappa shape index (κ2) is 5.34. The maximum absolute atomic E-state index is 4.19. The number of aryl methyl sites for hydroxylation is 1. The summed E-state index contributed by atoms with van der Waals surface area (Å²) in [6.07, 6.45) is 14.0. The van der Waals surface area contributed by atoms with Gasteiger partial charge in [-0.2, -0.15) is 0 Å². The van der Waals surface area contributed by atoms with E-state index in [1.165, 1.54) is 57.2 Å². The zero-order valence-corrected chi connectivity index (χ0v) is 9.78. The maximum Gasteiger partial charge on any atom is 0.0948 e. The Hall–Kier alpha value is -0.790. The standard InChI is InChI=1S/C13H22N2/c1-12-9-14-11-15(12)10-13-7-5-3-2-4-6-8-13/h9,11,13H,2-8,10H2,1H3. The van der Waals surface area contributed by atoms with Gasteiger partial charge in [0.1, 0.15) is 0 Å². The summed E-state index contributed by atoms with van der Waals surface area (Å²) in [5, 5.41) is 0. The van der Waals surface area contributed by atoms with Crippen molar-refractivity contribution in [1.82, 2.24) is 9.55 Å². The molecule has 0 radical (unpaired) electrons. The number of imidazole rings is 1. The van der Waals surface area contributed by atoms with Crippen molar-refractivity contribution >= 4 is 0 Å². The van der Waals surface area contributed by atoms with Gasteiger partial charge in [0.15, 0.2) is 0 Å². The normalized spacial score (nSPS) is 19.8. The molecule has 1 aliphatic carbocycles. The lowest BCUT2D eigenvalue weighted by Gasteiger charge is -2.20. The molecule has 0 amide bonds. The molecule has 1 fully saturated rings. The summed E-state index contributed by atoms with van der Waals surface area (Å²) in [5.74, 6) is 0.887. The lowest BCUT2D eigenvalue weighted by Crippen LogP contribution is -2.12. The highest BCUT2D eigenvalue weighted by molar-refractivity contribution is 4.94. The second-order valence-corrected chi connectivity index (χ2v) is 4.90. The maximum atomic E-state index is 4.19. The Morgan fingerprint density at radius 2 is 1.87 bits per heavy atom. The summed E-state index contributed by atoms with van der Waals surface area (Å²) in [6, 6.07) is 0. The molecule has 1 aliphatic rings. The molecule has 0 spiro atoms. The number of rotatable bonds is 2. The van der Waals surface area contributed by atoms with Crippen molar-refractivity contribution in [3.05, 3.63) is 18.2 Å². The molecule has 2 heteroatoms. The third-order valence-corrected chi connectivity index (χ3v) is 3.60. The molecule has 1 aromatic rings. The molecule has 1 aromatic heterocycles. The summed E-state index contributed by atoms with van der Waals surface area (Å²) in [6.45, 7) is 3.34. The van der Waals surface area contributed by atoms with Gasteiger partial charge in [-0.3, -0.25) is 0 Å². The third-order valence-electron chi connectivity index (χ3n) is 3.60. The van der Waals surface area contributed by atoms with Crippen molar-refractivity contribution in [2.45, 2.75) is 58.4 Å². The van der Waals surface area contributed by atoms with E-state index in [0.29, 0.717) is 0 Å². The minimum absolute atomic E-state index is 0.887. The van der Waals surface area contributed by atoms with Crippen molar-refractivity contribution < 1.29 is 0 Å². The van der Waals surface area contributed by atoms with Crippen LogP contribution in [0.25, 0.3) is 0 Å². The van der Waals surface area contributed by atoms with E-state index in [1.807, 2.05) is 12.5 Å². The molecule has 0 saturated heterocycles. The molecule has 0 aliphatic heterocycles. The lowest BCUT2D eigenvalue weighted by molar-refractivity contribution is 0.336. The Morgan fingerprint density at radius 3 is 2.47 bits per heavy atom. The third kappa shape index (κ3) is 3.08. The average Bonchev–Trinajstić information content (AvgIpc) is 2.56. The summed E-state index contributed by atoms with van der Waals surface area (Å²) in [7, 11) is 0. The van der Waals surface area contributed by atoms with E-state index in [0.717, 1.165) is 5.92 Å². The molecule has 0 bridgehead atoms. The van der Waals surface area contributed by atoms with Gasteiger partial charge >= 0.3 is 0 Å². The van der Waals surface area contributed by atoms with Gasteiger partial charge in [0.25, 0.3) is 0 Å².